The van der Waals surface area contributed by atoms with E-state index in [0.717, 1.165) is 28.7 Å². The monoisotopic (exact) mass is 347 g/mol. The minimum atomic E-state index is -0.215. The summed E-state index contributed by atoms with van der Waals surface area (Å²) >= 11 is 3.60. The molecule has 4 heteroatoms. The third-order valence-corrected chi connectivity index (χ3v) is 4.90. The Hall–Kier alpha value is -1.68. The molecular formula is C17H15BrFNO. The van der Waals surface area contributed by atoms with Crippen LogP contribution in [0.2, 0.25) is 0 Å². The highest BCUT2D eigenvalue weighted by atomic mass is 79.9. The number of carbonyl (C=O) groups is 1. The molecule has 0 radical (unpaired) electrons. The van der Waals surface area contributed by atoms with Gasteiger partial charge in [-0.25, -0.2) is 4.39 Å². The van der Waals surface area contributed by atoms with Crippen molar-refractivity contribution >= 4 is 21.8 Å². The van der Waals surface area contributed by atoms with E-state index < -0.39 is 0 Å². The number of benzene rings is 2. The maximum absolute atomic E-state index is 13.7. The maximum atomic E-state index is 13.7. The molecule has 2 aromatic carbocycles. The number of fused-ring (bicyclic) bond motifs is 1. The van der Waals surface area contributed by atoms with Gasteiger partial charge in [0.05, 0.1) is 4.83 Å². The minimum Gasteiger partial charge on any atom is -0.352 e. The molecule has 21 heavy (non-hydrogen) atoms. The zero-order valence-electron chi connectivity index (χ0n) is 11.6. The molecule has 0 spiro atoms. The van der Waals surface area contributed by atoms with Crippen LogP contribution < -0.4 is 5.32 Å². The van der Waals surface area contributed by atoms with Gasteiger partial charge in [-0.1, -0.05) is 40.2 Å². The standard InChI is InChI=1S/C17H15BrFNO/c1-10-2-3-13(9-15(10)19)16(18)12-5-4-11-6-7-20-17(21)14(11)8-12/h2-5,8-9,16H,6-7H2,1H3,(H,20,21). The normalized spacial score (nSPS) is 15.3. The van der Waals surface area contributed by atoms with Crippen molar-refractivity contribution in [3.63, 3.8) is 0 Å². The zero-order chi connectivity index (χ0) is 15.0. The van der Waals surface area contributed by atoms with Crippen molar-refractivity contribution in [1.82, 2.24) is 5.32 Å². The number of alkyl halides is 1. The number of hydrogen-bond acceptors (Lipinski definition) is 1. The maximum Gasteiger partial charge on any atom is 0.251 e. The Balaban J connectivity index is 1.98. The summed E-state index contributed by atoms with van der Waals surface area (Å²) in [6, 6.07) is 11.1. The minimum absolute atomic E-state index is 0.0344. The first-order chi connectivity index (χ1) is 10.1. The fourth-order valence-corrected chi connectivity index (χ4v) is 3.12. The topological polar surface area (TPSA) is 29.1 Å². The molecular weight excluding hydrogens is 333 g/mol. The van der Waals surface area contributed by atoms with Crippen LogP contribution in [0.1, 0.15) is 37.4 Å². The summed E-state index contributed by atoms with van der Waals surface area (Å²) in [5.41, 5.74) is 4.21. The molecule has 2 aromatic rings. The second-order valence-corrected chi connectivity index (χ2v) is 6.21. The Bertz CT molecular complexity index is 714. The predicted molar refractivity (Wildman–Crippen MR) is 84.4 cm³/mol. The molecule has 0 aliphatic carbocycles. The lowest BCUT2D eigenvalue weighted by molar-refractivity contribution is 0.0946. The van der Waals surface area contributed by atoms with Gasteiger partial charge in [0, 0.05) is 12.1 Å². The first-order valence-electron chi connectivity index (χ1n) is 6.87. The molecule has 108 valence electrons. The van der Waals surface area contributed by atoms with Gasteiger partial charge in [0.2, 0.25) is 0 Å². The van der Waals surface area contributed by atoms with Crippen LogP contribution in [0.4, 0.5) is 4.39 Å². The van der Waals surface area contributed by atoms with Crippen LogP contribution >= 0.6 is 15.9 Å². The summed E-state index contributed by atoms with van der Waals surface area (Å²) in [4.78, 5) is 11.8. The van der Waals surface area contributed by atoms with Gasteiger partial charge in [0.15, 0.2) is 0 Å². The van der Waals surface area contributed by atoms with E-state index in [1.54, 1.807) is 13.0 Å². The molecule has 2 nitrogen and oxygen atoms in total. The third-order valence-electron chi connectivity index (χ3n) is 3.84. The molecule has 1 unspecified atom stereocenters. The highest BCUT2D eigenvalue weighted by Crippen LogP contribution is 2.33. The number of hydrogen-bond donors (Lipinski definition) is 1. The van der Waals surface area contributed by atoms with Crippen LogP contribution in [0.15, 0.2) is 36.4 Å². The van der Waals surface area contributed by atoms with E-state index in [1.165, 1.54) is 6.07 Å². The summed E-state index contributed by atoms with van der Waals surface area (Å²) in [5, 5.41) is 2.85. The van der Waals surface area contributed by atoms with Gasteiger partial charge < -0.3 is 5.32 Å². The van der Waals surface area contributed by atoms with Gasteiger partial charge in [-0.2, -0.15) is 0 Å². The van der Waals surface area contributed by atoms with Crippen molar-refractivity contribution in [3.8, 4) is 0 Å². The van der Waals surface area contributed by atoms with Crippen molar-refractivity contribution < 1.29 is 9.18 Å². The number of nitrogens with one attached hydrogen (secondary N) is 1. The number of rotatable bonds is 2. The Morgan fingerprint density at radius 2 is 1.90 bits per heavy atom. The van der Waals surface area contributed by atoms with Gasteiger partial charge in [-0.15, -0.1) is 0 Å². The van der Waals surface area contributed by atoms with Gasteiger partial charge >= 0.3 is 0 Å². The quantitative estimate of drug-likeness (QED) is 0.820. The van der Waals surface area contributed by atoms with Gasteiger partial charge in [-0.05, 0) is 47.7 Å². The number of carbonyl (C=O) groups excluding carboxylic acids is 1. The van der Waals surface area contributed by atoms with Gasteiger partial charge in [0.1, 0.15) is 5.82 Å². The Morgan fingerprint density at radius 1 is 1.19 bits per heavy atom. The summed E-state index contributed by atoms with van der Waals surface area (Å²) in [6.07, 6.45) is 0.855. The lowest BCUT2D eigenvalue weighted by Crippen LogP contribution is -2.31. The SMILES string of the molecule is Cc1ccc(C(Br)c2ccc3c(c2)C(=O)NCC3)cc1F. The van der Waals surface area contributed by atoms with Crippen LogP contribution in [0.5, 0.6) is 0 Å². The molecule has 1 heterocycles. The van der Waals surface area contributed by atoms with Crippen molar-refractivity contribution in [2.75, 3.05) is 6.54 Å². The van der Waals surface area contributed by atoms with Crippen LogP contribution in [0.25, 0.3) is 0 Å². The molecule has 1 aliphatic heterocycles. The first-order valence-corrected chi connectivity index (χ1v) is 7.79. The van der Waals surface area contributed by atoms with Crippen LogP contribution in [-0.2, 0) is 6.42 Å². The number of aryl methyl sites for hydroxylation is 1. The second-order valence-electron chi connectivity index (χ2n) is 5.29. The average Bonchev–Trinajstić information content (AvgIpc) is 2.49. The highest BCUT2D eigenvalue weighted by Gasteiger charge is 2.19. The molecule has 1 N–H and O–H groups in total. The van der Waals surface area contributed by atoms with Crippen LogP contribution in [0, 0.1) is 12.7 Å². The van der Waals surface area contributed by atoms with Crippen LogP contribution in [-0.4, -0.2) is 12.5 Å². The molecule has 0 saturated carbocycles. The van der Waals surface area contributed by atoms with Gasteiger partial charge in [-0.3, -0.25) is 4.79 Å². The summed E-state index contributed by atoms with van der Waals surface area (Å²) in [5.74, 6) is -0.250. The van der Waals surface area contributed by atoms with Crippen molar-refractivity contribution in [2.45, 2.75) is 18.2 Å². The Kier molecular flexibility index (Phi) is 3.81. The van der Waals surface area contributed by atoms with Crippen molar-refractivity contribution in [2.24, 2.45) is 0 Å². The first kappa shape index (κ1) is 14.3. The van der Waals surface area contributed by atoms with E-state index in [-0.39, 0.29) is 16.6 Å². The smallest absolute Gasteiger partial charge is 0.251 e. The molecule has 0 bridgehead atoms. The molecule has 1 aliphatic rings. The summed E-state index contributed by atoms with van der Waals surface area (Å²) < 4.78 is 13.7. The van der Waals surface area contributed by atoms with E-state index in [0.29, 0.717) is 12.1 Å². The number of halogens is 2. The largest absolute Gasteiger partial charge is 0.352 e. The van der Waals surface area contributed by atoms with Gasteiger partial charge in [0.25, 0.3) is 5.91 Å². The molecule has 0 aromatic heterocycles. The molecule has 1 atom stereocenters. The zero-order valence-corrected chi connectivity index (χ0v) is 13.2. The van der Waals surface area contributed by atoms with Crippen molar-refractivity contribution in [1.29, 1.82) is 0 Å². The van der Waals surface area contributed by atoms with E-state index >= 15 is 0 Å². The Morgan fingerprint density at radius 3 is 2.67 bits per heavy atom. The summed E-state index contributed by atoms with van der Waals surface area (Å²) in [7, 11) is 0. The van der Waals surface area contributed by atoms with E-state index in [4.69, 9.17) is 0 Å². The fourth-order valence-electron chi connectivity index (χ4n) is 2.55. The van der Waals surface area contributed by atoms with Crippen LogP contribution in [0.3, 0.4) is 0 Å². The lowest BCUT2D eigenvalue weighted by atomic mass is 9.95. The Labute approximate surface area is 131 Å². The molecule has 3 rings (SSSR count). The van der Waals surface area contributed by atoms with E-state index in [9.17, 15) is 9.18 Å². The van der Waals surface area contributed by atoms with Crippen molar-refractivity contribution in [3.05, 3.63) is 70.0 Å². The molecule has 0 saturated heterocycles. The number of amides is 1. The molecule has 0 fully saturated rings. The predicted octanol–water partition coefficient (Wildman–Crippen LogP) is 3.90. The van der Waals surface area contributed by atoms with E-state index in [2.05, 4.69) is 21.2 Å². The lowest BCUT2D eigenvalue weighted by Gasteiger charge is -2.19. The third kappa shape index (κ3) is 2.72. The fraction of sp³-hybridized carbons (Fsp3) is 0.235. The molecule has 1 amide bonds. The average molecular weight is 348 g/mol. The highest BCUT2D eigenvalue weighted by molar-refractivity contribution is 9.09. The second kappa shape index (κ2) is 5.60. The summed E-state index contributed by atoms with van der Waals surface area (Å²) in [6.45, 7) is 2.43. The van der Waals surface area contributed by atoms with E-state index in [1.807, 2.05) is 24.3 Å².